The fourth-order valence-electron chi connectivity index (χ4n) is 1.87. The lowest BCUT2D eigenvalue weighted by atomic mass is 10.3. The first kappa shape index (κ1) is 19.8. The molecule has 0 radical (unpaired) electrons. The van der Waals surface area contributed by atoms with Crippen molar-refractivity contribution in [1.82, 2.24) is 14.9 Å². The molecule has 0 saturated heterocycles. The van der Waals surface area contributed by atoms with Crippen molar-refractivity contribution >= 4 is 44.7 Å². The highest BCUT2D eigenvalue weighted by Gasteiger charge is 2.18. The van der Waals surface area contributed by atoms with Gasteiger partial charge in [0.05, 0.1) is 10.1 Å². The van der Waals surface area contributed by atoms with Crippen molar-refractivity contribution in [3.8, 4) is 0 Å². The third-order valence-corrected chi connectivity index (χ3v) is 6.67. The molecular formula is C15H20N4O3S3. The molecule has 0 aliphatic rings. The molecule has 1 atom stereocenters. The summed E-state index contributed by atoms with van der Waals surface area (Å²) < 4.78 is 27.4. The van der Waals surface area contributed by atoms with E-state index >= 15 is 0 Å². The molecule has 1 aromatic heterocycles. The second kappa shape index (κ2) is 8.26. The van der Waals surface area contributed by atoms with Crippen molar-refractivity contribution in [2.75, 3.05) is 5.32 Å². The van der Waals surface area contributed by atoms with Gasteiger partial charge in [0.25, 0.3) is 0 Å². The van der Waals surface area contributed by atoms with E-state index in [0.717, 1.165) is 9.35 Å². The molecule has 7 nitrogen and oxygen atoms in total. The molecule has 2 N–H and O–H groups in total. The van der Waals surface area contributed by atoms with Crippen molar-refractivity contribution in [3.63, 3.8) is 0 Å². The summed E-state index contributed by atoms with van der Waals surface area (Å²) in [6.07, 6.45) is 0. The fraction of sp³-hybridized carbons (Fsp3) is 0.400. The molecule has 25 heavy (non-hydrogen) atoms. The molecule has 0 bridgehead atoms. The van der Waals surface area contributed by atoms with Gasteiger partial charge in [-0.05, 0) is 52.0 Å². The second-order valence-corrected chi connectivity index (χ2v) is 10.1. The molecule has 0 fully saturated rings. The zero-order valence-corrected chi connectivity index (χ0v) is 16.8. The molecule has 10 heteroatoms. The van der Waals surface area contributed by atoms with E-state index in [1.54, 1.807) is 32.9 Å². The van der Waals surface area contributed by atoms with Gasteiger partial charge in [0.1, 0.15) is 5.01 Å². The van der Waals surface area contributed by atoms with Crippen molar-refractivity contribution in [2.45, 2.75) is 48.2 Å². The van der Waals surface area contributed by atoms with Crippen LogP contribution in [0, 0.1) is 6.92 Å². The predicted octanol–water partition coefficient (Wildman–Crippen LogP) is 2.65. The maximum atomic E-state index is 12.2. The van der Waals surface area contributed by atoms with E-state index in [1.165, 1.54) is 35.2 Å². The van der Waals surface area contributed by atoms with Gasteiger partial charge in [0.15, 0.2) is 4.34 Å². The van der Waals surface area contributed by atoms with Gasteiger partial charge in [-0.1, -0.05) is 23.1 Å². The predicted molar refractivity (Wildman–Crippen MR) is 100 cm³/mol. The number of amides is 1. The smallest absolute Gasteiger partial charge is 0.240 e. The number of aryl methyl sites for hydroxylation is 1. The number of sulfonamides is 1. The number of thioether (sulfide) groups is 1. The van der Waals surface area contributed by atoms with Gasteiger partial charge in [-0.25, -0.2) is 13.1 Å². The van der Waals surface area contributed by atoms with Crippen LogP contribution in [0.5, 0.6) is 0 Å². The molecule has 0 aliphatic heterocycles. The number of carbonyl (C=O) groups is 1. The minimum atomic E-state index is -3.54. The first-order chi connectivity index (χ1) is 11.7. The Morgan fingerprint density at radius 2 is 1.80 bits per heavy atom. The summed E-state index contributed by atoms with van der Waals surface area (Å²) in [6, 6.07) is 5.88. The second-order valence-electron chi connectivity index (χ2n) is 5.64. The number of anilines is 1. The van der Waals surface area contributed by atoms with E-state index in [2.05, 4.69) is 20.2 Å². The SMILES string of the molecule is Cc1nnc(S[C@@H](C)C(=O)Nc2ccc(S(=O)(=O)NC(C)C)cc2)s1. The minimum absolute atomic E-state index is 0.158. The number of hydrogen-bond donors (Lipinski definition) is 2. The maximum absolute atomic E-state index is 12.2. The van der Waals surface area contributed by atoms with Gasteiger partial charge < -0.3 is 5.32 Å². The molecule has 2 rings (SSSR count). The highest BCUT2D eigenvalue weighted by molar-refractivity contribution is 8.02. The number of nitrogens with one attached hydrogen (secondary N) is 2. The summed E-state index contributed by atoms with van der Waals surface area (Å²) in [5.41, 5.74) is 0.536. The minimum Gasteiger partial charge on any atom is -0.325 e. The van der Waals surface area contributed by atoms with E-state index in [4.69, 9.17) is 0 Å². The number of nitrogens with zero attached hydrogens (tertiary/aromatic N) is 2. The molecule has 2 aromatic rings. The zero-order valence-electron chi connectivity index (χ0n) is 14.3. The average Bonchev–Trinajstić information content (AvgIpc) is 2.91. The van der Waals surface area contributed by atoms with Gasteiger partial charge in [0.2, 0.25) is 15.9 Å². The van der Waals surface area contributed by atoms with Crippen LogP contribution >= 0.6 is 23.1 Å². The lowest BCUT2D eigenvalue weighted by Crippen LogP contribution is -2.30. The molecule has 1 amide bonds. The Labute approximate surface area is 155 Å². The third-order valence-electron chi connectivity index (χ3n) is 2.98. The zero-order chi connectivity index (χ0) is 18.6. The van der Waals surface area contributed by atoms with Crippen molar-refractivity contribution in [3.05, 3.63) is 29.3 Å². The third kappa shape index (κ3) is 5.77. The Morgan fingerprint density at radius 1 is 1.16 bits per heavy atom. The van der Waals surface area contributed by atoms with Crippen LogP contribution in [0.2, 0.25) is 0 Å². The van der Waals surface area contributed by atoms with Crippen LogP contribution in [0.4, 0.5) is 5.69 Å². The standard InChI is InChI=1S/C15H20N4O3S3/c1-9(2)19-25(21,22)13-7-5-12(6-8-13)16-14(20)10(3)23-15-18-17-11(4)24-15/h5-10,19H,1-4H3,(H,16,20)/t10-/m0/s1. The Hall–Kier alpha value is -1.49. The van der Waals surface area contributed by atoms with E-state index in [1.807, 2.05) is 6.92 Å². The largest absolute Gasteiger partial charge is 0.325 e. The molecule has 0 unspecified atom stereocenters. The highest BCUT2D eigenvalue weighted by atomic mass is 32.2. The number of rotatable bonds is 7. The highest BCUT2D eigenvalue weighted by Crippen LogP contribution is 2.27. The number of aromatic nitrogens is 2. The van der Waals surface area contributed by atoms with E-state index in [-0.39, 0.29) is 22.1 Å². The van der Waals surface area contributed by atoms with Crippen molar-refractivity contribution < 1.29 is 13.2 Å². The summed E-state index contributed by atoms with van der Waals surface area (Å²) in [6.45, 7) is 7.15. The van der Waals surface area contributed by atoms with Crippen LogP contribution < -0.4 is 10.0 Å². The maximum Gasteiger partial charge on any atom is 0.240 e. The van der Waals surface area contributed by atoms with Crippen LogP contribution in [0.15, 0.2) is 33.5 Å². The van der Waals surface area contributed by atoms with Crippen LogP contribution in [-0.4, -0.2) is 35.8 Å². The quantitative estimate of drug-likeness (QED) is 0.693. The van der Waals surface area contributed by atoms with Crippen LogP contribution in [0.3, 0.4) is 0 Å². The number of hydrogen-bond acceptors (Lipinski definition) is 7. The molecule has 0 saturated carbocycles. The lowest BCUT2D eigenvalue weighted by molar-refractivity contribution is -0.115. The Balaban J connectivity index is 1.99. The molecule has 136 valence electrons. The Kier molecular flexibility index (Phi) is 6.55. The number of benzene rings is 1. The molecule has 1 heterocycles. The summed E-state index contributed by atoms with van der Waals surface area (Å²) in [7, 11) is -3.54. The monoisotopic (exact) mass is 400 g/mol. The van der Waals surface area contributed by atoms with Gasteiger partial charge >= 0.3 is 0 Å². The first-order valence-electron chi connectivity index (χ1n) is 7.57. The summed E-state index contributed by atoms with van der Waals surface area (Å²) in [4.78, 5) is 12.4. The van der Waals surface area contributed by atoms with Gasteiger partial charge in [0, 0.05) is 11.7 Å². The van der Waals surface area contributed by atoms with Crippen molar-refractivity contribution in [2.24, 2.45) is 0 Å². The summed E-state index contributed by atoms with van der Waals surface area (Å²) in [5.74, 6) is -0.186. The summed E-state index contributed by atoms with van der Waals surface area (Å²) in [5, 5.41) is 11.2. The van der Waals surface area contributed by atoms with E-state index < -0.39 is 10.0 Å². The number of carbonyl (C=O) groups excluding carboxylic acids is 1. The van der Waals surface area contributed by atoms with E-state index in [9.17, 15) is 13.2 Å². The Bertz CT molecular complexity index is 832. The van der Waals surface area contributed by atoms with Crippen LogP contribution in [0.1, 0.15) is 25.8 Å². The fourth-order valence-corrected chi connectivity index (χ4v) is 5.08. The van der Waals surface area contributed by atoms with E-state index in [0.29, 0.717) is 5.69 Å². The molecular weight excluding hydrogens is 380 g/mol. The van der Waals surface area contributed by atoms with Gasteiger partial charge in [-0.2, -0.15) is 0 Å². The molecule has 0 spiro atoms. The van der Waals surface area contributed by atoms with Crippen LogP contribution in [-0.2, 0) is 14.8 Å². The van der Waals surface area contributed by atoms with Gasteiger partial charge in [-0.3, -0.25) is 4.79 Å². The average molecular weight is 401 g/mol. The first-order valence-corrected chi connectivity index (χ1v) is 10.8. The van der Waals surface area contributed by atoms with Crippen molar-refractivity contribution in [1.29, 1.82) is 0 Å². The topological polar surface area (TPSA) is 101 Å². The van der Waals surface area contributed by atoms with Crippen LogP contribution in [0.25, 0.3) is 0 Å². The molecule has 1 aromatic carbocycles. The normalized spacial score (nSPS) is 13.0. The lowest BCUT2D eigenvalue weighted by Gasteiger charge is -2.12. The summed E-state index contributed by atoms with van der Waals surface area (Å²) >= 11 is 2.77. The Morgan fingerprint density at radius 3 is 2.32 bits per heavy atom. The van der Waals surface area contributed by atoms with Gasteiger partial charge in [-0.15, -0.1) is 10.2 Å². The molecule has 0 aliphatic carbocycles.